The second-order valence-corrected chi connectivity index (χ2v) is 24.0. The van der Waals surface area contributed by atoms with Crippen LogP contribution in [0.3, 0.4) is 0 Å². The average molecular weight is 394 g/mol. The lowest BCUT2D eigenvalue weighted by Gasteiger charge is -2.52. The van der Waals surface area contributed by atoms with Gasteiger partial charge in [0.2, 0.25) is 0 Å². The van der Waals surface area contributed by atoms with E-state index in [1.165, 1.54) is 24.0 Å². The van der Waals surface area contributed by atoms with Crippen molar-refractivity contribution in [3.05, 3.63) is 12.7 Å². The Labute approximate surface area is 156 Å². The molecule has 2 aliphatic heterocycles. The molecule has 0 spiro atoms. The number of aromatic nitrogens is 4. The summed E-state index contributed by atoms with van der Waals surface area (Å²) >= 11 is 0. The van der Waals surface area contributed by atoms with Crippen molar-refractivity contribution in [1.82, 2.24) is 19.2 Å². The largest absolute Gasteiger partial charge is 0.409 e. The van der Waals surface area contributed by atoms with Crippen molar-refractivity contribution in [2.24, 2.45) is 0 Å². The molecule has 0 atom stereocenters. The van der Waals surface area contributed by atoms with E-state index in [9.17, 15) is 0 Å². The molecule has 140 valence electrons. The van der Waals surface area contributed by atoms with E-state index in [1.54, 1.807) is 6.33 Å². The number of rotatable bonds is 7. The number of hydrogen-bond donors (Lipinski definition) is 0. The van der Waals surface area contributed by atoms with E-state index in [4.69, 9.17) is 0 Å². The molecular weight excluding hydrogens is 358 g/mol. The molecule has 25 heavy (non-hydrogen) atoms. The lowest BCUT2D eigenvalue weighted by molar-refractivity contribution is 0.988. The fraction of sp³-hybridized carbons (Fsp3) is 0.706. The molecule has 0 aliphatic carbocycles. The summed E-state index contributed by atoms with van der Waals surface area (Å²) in [5, 5.41) is 0. The van der Waals surface area contributed by atoms with Gasteiger partial charge in [-0.3, -0.25) is 0 Å². The number of hydrogen-bond acceptors (Lipinski definition) is 4. The predicted molar refractivity (Wildman–Crippen MR) is 116 cm³/mol. The Morgan fingerprint density at radius 1 is 0.880 bits per heavy atom. The van der Waals surface area contributed by atoms with Gasteiger partial charge in [0.15, 0.2) is 14.1 Å². The van der Waals surface area contributed by atoms with Crippen LogP contribution in [-0.2, 0) is 0 Å². The Balaban J connectivity index is 2.89. The van der Waals surface area contributed by atoms with Crippen LogP contribution in [0.25, 0.3) is 11.5 Å². The van der Waals surface area contributed by atoms with E-state index in [1.807, 2.05) is 6.33 Å². The molecule has 0 amide bonds. The third-order valence-electron chi connectivity index (χ3n) is 5.37. The maximum Gasteiger partial charge on any atom is 0.184 e. The van der Waals surface area contributed by atoms with Crippen LogP contribution in [0, 0.1) is 0 Å². The normalized spacial score (nSPS) is 13.5. The summed E-state index contributed by atoms with van der Waals surface area (Å²) in [7, 11) is -4.89. The quantitative estimate of drug-likeness (QED) is 0.613. The van der Waals surface area contributed by atoms with Crippen LogP contribution >= 0.6 is 0 Å². The molecule has 0 N–H and O–H groups in total. The number of fused-ring (bicyclic) bond motifs is 1. The van der Waals surface area contributed by atoms with Crippen molar-refractivity contribution < 1.29 is 0 Å². The third kappa shape index (κ3) is 3.61. The summed E-state index contributed by atoms with van der Waals surface area (Å²) in [4.78, 5) is 13.7. The average Bonchev–Trinajstić information content (AvgIpc) is 2.99. The van der Waals surface area contributed by atoms with Crippen LogP contribution in [0.4, 0.5) is 5.82 Å². The van der Waals surface area contributed by atoms with Crippen LogP contribution in [-0.4, -0.2) is 43.9 Å². The van der Waals surface area contributed by atoms with Gasteiger partial charge >= 0.3 is 0 Å². The smallest absolute Gasteiger partial charge is 0.184 e. The van der Waals surface area contributed by atoms with Gasteiger partial charge in [-0.25, -0.2) is 15.0 Å². The number of anilines is 1. The minimum atomic E-state index is -1.64. The van der Waals surface area contributed by atoms with Gasteiger partial charge in [0, 0.05) is 0 Å². The second kappa shape index (κ2) is 6.96. The van der Waals surface area contributed by atoms with Gasteiger partial charge in [0.05, 0.1) is 6.33 Å². The zero-order valence-corrected chi connectivity index (χ0v) is 20.5. The standard InChI is InChI=1S/C17H35N5Si3/c1-10-25(11-2,12-3)22(24(7,8)9)17-15-16(19-13-18-15)20-14-21(17)23(4,5)6/h13-14H,10-12H2,1-9H3. The van der Waals surface area contributed by atoms with Gasteiger partial charge in [-0.2, -0.15) is 0 Å². The van der Waals surface area contributed by atoms with Crippen LogP contribution in [0.1, 0.15) is 20.8 Å². The fourth-order valence-corrected chi connectivity index (χ4v) is 16.5. The topological polar surface area (TPSA) is 46.8 Å². The highest BCUT2D eigenvalue weighted by Gasteiger charge is 2.45. The van der Waals surface area contributed by atoms with Crippen molar-refractivity contribution in [2.75, 3.05) is 4.23 Å². The van der Waals surface area contributed by atoms with E-state index in [-0.39, 0.29) is 0 Å². The molecule has 0 saturated heterocycles. The summed E-state index contributed by atoms with van der Waals surface area (Å²) < 4.78 is 5.38. The van der Waals surface area contributed by atoms with E-state index in [2.05, 4.69) is 83.5 Å². The first-order valence-corrected chi connectivity index (χ1v) is 19.0. The molecule has 5 nitrogen and oxygen atoms in total. The second-order valence-electron chi connectivity index (χ2n) is 8.95. The van der Waals surface area contributed by atoms with Gasteiger partial charge in [-0.05, 0) is 18.1 Å². The highest BCUT2D eigenvalue weighted by Crippen LogP contribution is 2.40. The van der Waals surface area contributed by atoms with Crippen LogP contribution < -0.4 is 4.23 Å². The molecule has 0 bridgehead atoms. The van der Waals surface area contributed by atoms with Crippen molar-refractivity contribution in [3.8, 4) is 11.5 Å². The molecule has 2 rings (SSSR count). The maximum absolute atomic E-state index is 4.67. The lowest BCUT2D eigenvalue weighted by atomic mass is 10.4. The minimum absolute atomic E-state index is 0.791. The van der Waals surface area contributed by atoms with Gasteiger partial charge < -0.3 is 8.46 Å². The van der Waals surface area contributed by atoms with E-state index in [0.29, 0.717) is 0 Å². The molecule has 0 aromatic heterocycles. The highest BCUT2D eigenvalue weighted by atomic mass is 28.4. The Morgan fingerprint density at radius 3 is 1.88 bits per heavy atom. The van der Waals surface area contributed by atoms with Crippen LogP contribution in [0.15, 0.2) is 12.7 Å². The molecule has 0 radical (unpaired) electrons. The summed E-state index contributed by atoms with van der Waals surface area (Å²) in [6.07, 6.45) is 3.71. The Bertz CT molecular complexity index is 674. The van der Waals surface area contributed by atoms with Crippen molar-refractivity contribution >= 4 is 30.5 Å². The van der Waals surface area contributed by atoms with Crippen molar-refractivity contribution in [1.29, 1.82) is 0 Å². The van der Waals surface area contributed by atoms with Gasteiger partial charge in [0.1, 0.15) is 34.3 Å². The first-order chi connectivity index (χ1) is 11.5. The molecular formula is C17H35N5Si3. The zero-order valence-electron chi connectivity index (χ0n) is 17.5. The third-order valence-corrected chi connectivity index (χ3v) is 17.2. The molecule has 0 unspecified atom stereocenters. The molecule has 0 fully saturated rings. The summed E-state index contributed by atoms with van der Waals surface area (Å²) in [5.74, 6) is 2.11. The zero-order chi connectivity index (χ0) is 19.0. The molecule has 8 heteroatoms. The lowest BCUT2D eigenvalue weighted by Crippen LogP contribution is -2.65. The molecule has 2 aliphatic rings. The Morgan fingerprint density at radius 2 is 1.44 bits per heavy atom. The van der Waals surface area contributed by atoms with Crippen molar-refractivity contribution in [2.45, 2.75) is 78.2 Å². The summed E-state index contributed by atoms with van der Waals surface area (Å²) in [6, 6.07) is 3.82. The number of nitrogens with zero attached hydrogens (tertiary/aromatic N) is 5. The Hall–Kier alpha value is -0.999. The van der Waals surface area contributed by atoms with Gasteiger partial charge in [0.25, 0.3) is 0 Å². The van der Waals surface area contributed by atoms with E-state index in [0.717, 1.165) is 11.5 Å². The maximum atomic E-state index is 4.67. The van der Waals surface area contributed by atoms with Crippen LogP contribution in [0.5, 0.6) is 0 Å². The molecule has 0 aromatic carbocycles. The van der Waals surface area contributed by atoms with Crippen LogP contribution in [0.2, 0.25) is 57.4 Å². The van der Waals surface area contributed by atoms with Gasteiger partial charge in [-0.1, -0.05) is 60.1 Å². The predicted octanol–water partition coefficient (Wildman–Crippen LogP) is 5.11. The van der Waals surface area contributed by atoms with Crippen molar-refractivity contribution in [3.63, 3.8) is 0 Å². The van der Waals surface area contributed by atoms with E-state index >= 15 is 0 Å². The Kier molecular flexibility index (Phi) is 5.65. The molecule has 2 heterocycles. The number of imidazole rings is 1. The van der Waals surface area contributed by atoms with Gasteiger partial charge in [-0.15, -0.1) is 0 Å². The molecule has 0 aromatic rings. The first kappa shape index (κ1) is 20.3. The fourth-order valence-electron chi connectivity index (χ4n) is 3.98. The minimum Gasteiger partial charge on any atom is -0.409 e. The molecule has 0 saturated carbocycles. The highest BCUT2D eigenvalue weighted by molar-refractivity contribution is 7.01. The summed E-state index contributed by atoms with van der Waals surface area (Å²) in [5.41, 5.74) is 1.000. The van der Waals surface area contributed by atoms with E-state index < -0.39 is 24.7 Å². The summed E-state index contributed by atoms with van der Waals surface area (Å²) in [6.45, 7) is 21.8. The SMILES string of the molecule is CC[Si](CC)(CC)N(c1c2ncnc-2ncn1[Si](C)(C)C)[Si](C)(C)C. The first-order valence-electron chi connectivity index (χ1n) is 9.50. The monoisotopic (exact) mass is 393 g/mol.